The summed E-state index contributed by atoms with van der Waals surface area (Å²) in [5.41, 5.74) is -0.326. The first-order chi connectivity index (χ1) is 12.7. The van der Waals surface area contributed by atoms with Crippen LogP contribution < -0.4 is 0 Å². The summed E-state index contributed by atoms with van der Waals surface area (Å²) in [4.78, 5) is 13.0. The molecule has 3 aliphatic heterocycles. The summed E-state index contributed by atoms with van der Waals surface area (Å²) in [5, 5.41) is 5.93. The zero-order chi connectivity index (χ0) is 19.3. The SMILES string of the molecule is CC1=NN2C(=NC1)c1cc(C(F)(F)F)c(F)cc1N=C2N1CCN(C)CC1. The van der Waals surface area contributed by atoms with E-state index in [2.05, 4.69) is 20.0 Å². The highest BCUT2D eigenvalue weighted by Gasteiger charge is 2.39. The average Bonchev–Trinajstić information content (AvgIpc) is 2.60. The number of likely N-dealkylation sites (N-methyl/N-ethyl adjacent to an activating group) is 1. The number of amidine groups is 1. The monoisotopic (exact) mass is 382 g/mol. The van der Waals surface area contributed by atoms with Gasteiger partial charge in [0.25, 0.3) is 0 Å². The van der Waals surface area contributed by atoms with Crippen LogP contribution in [0.5, 0.6) is 0 Å². The molecule has 0 saturated carbocycles. The minimum atomic E-state index is -4.79. The second-order valence-electron chi connectivity index (χ2n) is 6.84. The normalized spacial score (nSPS) is 20.6. The molecule has 0 aromatic heterocycles. The minimum Gasteiger partial charge on any atom is -0.338 e. The van der Waals surface area contributed by atoms with Gasteiger partial charge in [0.2, 0.25) is 5.96 Å². The number of piperazine rings is 1. The molecular formula is C17H18F4N6. The predicted octanol–water partition coefficient (Wildman–Crippen LogP) is 2.53. The van der Waals surface area contributed by atoms with Gasteiger partial charge in [-0.15, -0.1) is 0 Å². The van der Waals surface area contributed by atoms with E-state index in [4.69, 9.17) is 0 Å². The van der Waals surface area contributed by atoms with Crippen LogP contribution in [0.15, 0.2) is 27.2 Å². The lowest BCUT2D eigenvalue weighted by Gasteiger charge is -2.40. The third-order valence-electron chi connectivity index (χ3n) is 4.76. The van der Waals surface area contributed by atoms with E-state index in [9.17, 15) is 17.6 Å². The molecular weight excluding hydrogens is 364 g/mol. The number of hydrogen-bond acceptors (Lipinski definition) is 6. The van der Waals surface area contributed by atoms with Crippen LogP contribution in [0.2, 0.25) is 0 Å². The summed E-state index contributed by atoms with van der Waals surface area (Å²) in [6.45, 7) is 5.08. The number of rotatable bonds is 0. The summed E-state index contributed by atoms with van der Waals surface area (Å²) >= 11 is 0. The van der Waals surface area contributed by atoms with E-state index in [0.717, 1.165) is 30.9 Å². The summed E-state index contributed by atoms with van der Waals surface area (Å²) in [7, 11) is 2.01. The number of benzene rings is 1. The molecule has 0 aliphatic carbocycles. The Morgan fingerprint density at radius 2 is 1.78 bits per heavy atom. The number of alkyl halides is 3. The van der Waals surface area contributed by atoms with Crippen LogP contribution in [-0.2, 0) is 6.18 Å². The molecule has 1 saturated heterocycles. The standard InChI is InChI=1S/C17H18F4N6/c1-10-9-22-15-11-7-12(17(19,20)21)13(18)8-14(11)23-16(27(15)24-10)26-5-3-25(2)4-6-26/h7-8H,3-6,9H2,1-2H3. The first-order valence-electron chi connectivity index (χ1n) is 8.56. The van der Waals surface area contributed by atoms with Crippen molar-refractivity contribution in [3.8, 4) is 0 Å². The van der Waals surface area contributed by atoms with Gasteiger partial charge in [-0.2, -0.15) is 23.3 Å². The van der Waals surface area contributed by atoms with Crippen molar-refractivity contribution in [1.29, 1.82) is 0 Å². The third-order valence-corrected chi connectivity index (χ3v) is 4.76. The molecule has 144 valence electrons. The summed E-state index contributed by atoms with van der Waals surface area (Å²) in [6.07, 6.45) is -4.79. The van der Waals surface area contributed by atoms with E-state index >= 15 is 0 Å². The van der Waals surface area contributed by atoms with Gasteiger partial charge in [0.1, 0.15) is 5.82 Å². The van der Waals surface area contributed by atoms with Crippen LogP contribution in [0.3, 0.4) is 0 Å². The Kier molecular flexibility index (Phi) is 4.17. The van der Waals surface area contributed by atoms with Gasteiger partial charge < -0.3 is 9.80 Å². The molecule has 0 bridgehead atoms. The Morgan fingerprint density at radius 3 is 2.44 bits per heavy atom. The number of guanidine groups is 1. The minimum absolute atomic E-state index is 0.137. The molecule has 1 aromatic carbocycles. The van der Waals surface area contributed by atoms with Gasteiger partial charge in [-0.05, 0) is 20.0 Å². The second kappa shape index (κ2) is 6.29. The summed E-state index contributed by atoms with van der Waals surface area (Å²) in [6, 6.07) is 1.61. The fourth-order valence-corrected chi connectivity index (χ4v) is 3.26. The van der Waals surface area contributed by atoms with Crippen LogP contribution in [0.25, 0.3) is 0 Å². The molecule has 0 N–H and O–H groups in total. The van der Waals surface area contributed by atoms with Crippen LogP contribution in [0, 0.1) is 5.82 Å². The molecule has 0 spiro atoms. The van der Waals surface area contributed by atoms with Crippen molar-refractivity contribution in [2.45, 2.75) is 13.1 Å². The maximum atomic E-state index is 14.1. The van der Waals surface area contributed by atoms with Gasteiger partial charge in [-0.1, -0.05) is 0 Å². The topological polar surface area (TPSA) is 46.8 Å². The highest BCUT2D eigenvalue weighted by atomic mass is 19.4. The highest BCUT2D eigenvalue weighted by Crippen LogP contribution is 2.38. The maximum Gasteiger partial charge on any atom is 0.419 e. The molecule has 27 heavy (non-hydrogen) atoms. The molecule has 4 rings (SSSR count). The lowest BCUT2D eigenvalue weighted by atomic mass is 10.0. The zero-order valence-corrected chi connectivity index (χ0v) is 14.9. The number of fused-ring (bicyclic) bond motifs is 3. The second-order valence-corrected chi connectivity index (χ2v) is 6.84. The van der Waals surface area contributed by atoms with Crippen LogP contribution in [-0.4, -0.2) is 72.1 Å². The predicted molar refractivity (Wildman–Crippen MR) is 93.9 cm³/mol. The van der Waals surface area contributed by atoms with Crippen molar-refractivity contribution >= 4 is 23.2 Å². The first kappa shape index (κ1) is 17.9. The van der Waals surface area contributed by atoms with Crippen molar-refractivity contribution in [3.63, 3.8) is 0 Å². The van der Waals surface area contributed by atoms with E-state index in [1.165, 1.54) is 5.01 Å². The molecule has 3 aliphatic rings. The molecule has 0 amide bonds. The van der Waals surface area contributed by atoms with Gasteiger partial charge in [0, 0.05) is 37.8 Å². The van der Waals surface area contributed by atoms with Crippen LogP contribution in [0.4, 0.5) is 23.2 Å². The molecule has 1 fully saturated rings. The fraction of sp³-hybridized carbons (Fsp3) is 0.471. The van der Waals surface area contributed by atoms with Crippen LogP contribution in [0.1, 0.15) is 18.1 Å². The van der Waals surface area contributed by atoms with E-state index in [0.29, 0.717) is 19.0 Å². The first-order valence-corrected chi connectivity index (χ1v) is 8.56. The molecule has 0 unspecified atom stereocenters. The third kappa shape index (κ3) is 3.18. The smallest absolute Gasteiger partial charge is 0.338 e. The van der Waals surface area contributed by atoms with Gasteiger partial charge in [0.05, 0.1) is 23.5 Å². The van der Waals surface area contributed by atoms with Crippen molar-refractivity contribution in [2.24, 2.45) is 15.1 Å². The molecule has 0 radical (unpaired) electrons. The number of hydrazone groups is 1. The van der Waals surface area contributed by atoms with Crippen molar-refractivity contribution in [3.05, 3.63) is 29.1 Å². The molecule has 6 nitrogen and oxygen atoms in total. The number of nitrogens with zero attached hydrogens (tertiary/aromatic N) is 6. The van der Waals surface area contributed by atoms with Crippen molar-refractivity contribution in [1.82, 2.24) is 14.8 Å². The van der Waals surface area contributed by atoms with E-state index in [-0.39, 0.29) is 23.6 Å². The van der Waals surface area contributed by atoms with E-state index in [1.54, 1.807) is 6.92 Å². The average molecular weight is 382 g/mol. The summed E-state index contributed by atoms with van der Waals surface area (Å²) < 4.78 is 53.5. The Labute approximate surface area is 153 Å². The molecule has 3 heterocycles. The van der Waals surface area contributed by atoms with Crippen LogP contribution >= 0.6 is 0 Å². The van der Waals surface area contributed by atoms with Gasteiger partial charge in [0.15, 0.2) is 5.84 Å². The van der Waals surface area contributed by atoms with Gasteiger partial charge in [-0.3, -0.25) is 4.99 Å². The van der Waals surface area contributed by atoms with Crippen molar-refractivity contribution in [2.75, 3.05) is 39.8 Å². The zero-order valence-electron chi connectivity index (χ0n) is 14.9. The van der Waals surface area contributed by atoms with E-state index < -0.39 is 17.6 Å². The quantitative estimate of drug-likeness (QED) is 0.648. The van der Waals surface area contributed by atoms with Crippen molar-refractivity contribution < 1.29 is 17.6 Å². The Balaban J connectivity index is 1.83. The number of aliphatic imine (C=N–C) groups is 2. The fourth-order valence-electron chi connectivity index (χ4n) is 3.26. The highest BCUT2D eigenvalue weighted by molar-refractivity contribution is 6.16. The lowest BCUT2D eigenvalue weighted by molar-refractivity contribution is -0.140. The molecule has 1 aromatic rings. The Hall–Kier alpha value is -2.49. The Bertz CT molecular complexity index is 865. The largest absolute Gasteiger partial charge is 0.419 e. The molecule has 10 heteroatoms. The Morgan fingerprint density at radius 1 is 1.07 bits per heavy atom. The number of halogens is 4. The summed E-state index contributed by atoms with van der Waals surface area (Å²) in [5.74, 6) is -0.607. The van der Waals surface area contributed by atoms with Gasteiger partial charge >= 0.3 is 6.18 Å². The maximum absolute atomic E-state index is 14.1. The molecule has 0 atom stereocenters. The van der Waals surface area contributed by atoms with E-state index in [1.807, 2.05) is 11.9 Å². The lowest BCUT2D eigenvalue weighted by Crippen LogP contribution is -2.54. The van der Waals surface area contributed by atoms with Gasteiger partial charge in [-0.25, -0.2) is 9.38 Å². The number of hydrogen-bond donors (Lipinski definition) is 0.